The normalized spacial score (nSPS) is 10.8. The van der Waals surface area contributed by atoms with Gasteiger partial charge in [0.1, 0.15) is 0 Å². The average molecular weight is 248 g/mol. The molecule has 0 radical (unpaired) electrons. The van der Waals surface area contributed by atoms with E-state index in [4.69, 9.17) is 5.73 Å². The second-order valence-corrected chi connectivity index (χ2v) is 5.08. The van der Waals surface area contributed by atoms with E-state index in [1.165, 1.54) is 11.1 Å². The highest BCUT2D eigenvalue weighted by Crippen LogP contribution is 2.13. The summed E-state index contributed by atoms with van der Waals surface area (Å²) >= 11 is 0. The molecule has 0 aliphatic rings. The van der Waals surface area contributed by atoms with Gasteiger partial charge in [-0.15, -0.1) is 0 Å². The average Bonchev–Trinajstić information content (AvgIpc) is 2.30. The minimum atomic E-state index is 0.157. The van der Waals surface area contributed by atoms with E-state index in [1.54, 1.807) is 0 Å². The third-order valence-electron chi connectivity index (χ3n) is 3.16. The molecule has 0 spiro atoms. The summed E-state index contributed by atoms with van der Waals surface area (Å²) in [4.78, 5) is 14.1. The number of rotatable bonds is 5. The third-order valence-corrected chi connectivity index (χ3v) is 3.16. The predicted octanol–water partition coefficient (Wildman–Crippen LogP) is 2.04. The molecular formula is C15H24N2O. The largest absolute Gasteiger partial charge is 0.339 e. The number of amides is 1. The van der Waals surface area contributed by atoms with Crippen molar-refractivity contribution in [2.45, 2.75) is 40.2 Å². The van der Waals surface area contributed by atoms with Crippen LogP contribution < -0.4 is 5.73 Å². The van der Waals surface area contributed by atoms with Gasteiger partial charge in [0.05, 0.1) is 6.42 Å². The first kappa shape index (κ1) is 14.7. The third kappa shape index (κ3) is 3.84. The molecule has 1 rings (SSSR count). The van der Waals surface area contributed by atoms with Gasteiger partial charge in [-0.25, -0.2) is 0 Å². The quantitative estimate of drug-likeness (QED) is 0.866. The fourth-order valence-electron chi connectivity index (χ4n) is 2.07. The molecule has 1 aromatic carbocycles. The molecule has 0 aliphatic carbocycles. The van der Waals surface area contributed by atoms with Crippen LogP contribution in [0, 0.1) is 13.8 Å². The van der Waals surface area contributed by atoms with Crippen molar-refractivity contribution in [2.24, 2.45) is 5.73 Å². The van der Waals surface area contributed by atoms with Crippen molar-refractivity contribution in [2.75, 3.05) is 13.1 Å². The molecule has 100 valence electrons. The van der Waals surface area contributed by atoms with Crippen molar-refractivity contribution in [3.05, 3.63) is 34.9 Å². The minimum absolute atomic E-state index is 0.157. The predicted molar refractivity (Wildman–Crippen MR) is 75.5 cm³/mol. The van der Waals surface area contributed by atoms with Crippen LogP contribution in [0.1, 0.15) is 30.5 Å². The molecule has 18 heavy (non-hydrogen) atoms. The Balaban J connectivity index is 2.82. The number of hydrogen-bond acceptors (Lipinski definition) is 2. The molecule has 0 saturated heterocycles. The van der Waals surface area contributed by atoms with Gasteiger partial charge in [-0.05, 0) is 38.8 Å². The van der Waals surface area contributed by atoms with Gasteiger partial charge in [0.25, 0.3) is 0 Å². The van der Waals surface area contributed by atoms with Crippen molar-refractivity contribution < 1.29 is 4.79 Å². The van der Waals surface area contributed by atoms with Gasteiger partial charge >= 0.3 is 0 Å². The van der Waals surface area contributed by atoms with Crippen molar-refractivity contribution in [3.8, 4) is 0 Å². The molecule has 0 fully saturated rings. The molecule has 3 nitrogen and oxygen atoms in total. The Labute approximate surface area is 110 Å². The van der Waals surface area contributed by atoms with Crippen molar-refractivity contribution in [1.82, 2.24) is 4.90 Å². The van der Waals surface area contributed by atoms with Crippen LogP contribution in [0.2, 0.25) is 0 Å². The van der Waals surface area contributed by atoms with Crippen LogP contribution in [-0.2, 0) is 11.2 Å². The Bertz CT molecular complexity index is 413. The maximum Gasteiger partial charge on any atom is 0.227 e. The van der Waals surface area contributed by atoms with Crippen LogP contribution >= 0.6 is 0 Å². The van der Waals surface area contributed by atoms with E-state index in [1.807, 2.05) is 32.6 Å². The second-order valence-electron chi connectivity index (χ2n) is 5.08. The number of carbonyl (C=O) groups is 1. The zero-order valence-electron chi connectivity index (χ0n) is 11.9. The fraction of sp³-hybridized carbons (Fsp3) is 0.533. The van der Waals surface area contributed by atoms with Gasteiger partial charge in [0.15, 0.2) is 0 Å². The molecule has 0 aromatic heterocycles. The van der Waals surface area contributed by atoms with Gasteiger partial charge in [-0.1, -0.05) is 23.8 Å². The summed E-state index contributed by atoms with van der Waals surface area (Å²) < 4.78 is 0. The molecular weight excluding hydrogens is 224 g/mol. The summed E-state index contributed by atoms with van der Waals surface area (Å²) in [6.45, 7) is 9.28. The number of nitrogens with zero attached hydrogens (tertiary/aromatic N) is 1. The number of benzene rings is 1. The second kappa shape index (κ2) is 6.55. The Morgan fingerprint density at radius 2 is 2.00 bits per heavy atom. The number of nitrogens with two attached hydrogens (primary N) is 1. The summed E-state index contributed by atoms with van der Waals surface area (Å²) in [7, 11) is 0. The zero-order valence-corrected chi connectivity index (χ0v) is 11.9. The molecule has 0 unspecified atom stereocenters. The first-order valence-corrected chi connectivity index (χ1v) is 6.51. The van der Waals surface area contributed by atoms with E-state index in [-0.39, 0.29) is 11.9 Å². The van der Waals surface area contributed by atoms with E-state index < -0.39 is 0 Å². The van der Waals surface area contributed by atoms with E-state index >= 15 is 0 Å². The number of aryl methyl sites for hydroxylation is 2. The summed E-state index contributed by atoms with van der Waals surface area (Å²) in [5.41, 5.74) is 9.04. The van der Waals surface area contributed by atoms with Crippen LogP contribution in [-0.4, -0.2) is 29.9 Å². The van der Waals surface area contributed by atoms with Gasteiger partial charge in [0, 0.05) is 19.1 Å². The topological polar surface area (TPSA) is 46.3 Å². The summed E-state index contributed by atoms with van der Waals surface area (Å²) in [5.74, 6) is 0.157. The molecule has 1 amide bonds. The SMILES string of the molecule is Cc1ccc(C)c(CC(=O)N(CCN)C(C)C)c1. The highest BCUT2D eigenvalue weighted by atomic mass is 16.2. The fourth-order valence-corrected chi connectivity index (χ4v) is 2.07. The van der Waals surface area contributed by atoms with Crippen LogP contribution in [0.4, 0.5) is 0 Å². The molecule has 0 saturated carbocycles. The van der Waals surface area contributed by atoms with Crippen LogP contribution in [0.15, 0.2) is 18.2 Å². The number of carbonyl (C=O) groups excluding carboxylic acids is 1. The zero-order chi connectivity index (χ0) is 13.7. The van der Waals surface area contributed by atoms with E-state index in [0.29, 0.717) is 19.5 Å². The summed E-state index contributed by atoms with van der Waals surface area (Å²) in [5, 5.41) is 0. The Morgan fingerprint density at radius 3 is 2.56 bits per heavy atom. The Morgan fingerprint density at radius 1 is 1.33 bits per heavy atom. The molecule has 0 aliphatic heterocycles. The van der Waals surface area contributed by atoms with Crippen molar-refractivity contribution in [1.29, 1.82) is 0 Å². The van der Waals surface area contributed by atoms with E-state index in [2.05, 4.69) is 18.2 Å². The van der Waals surface area contributed by atoms with Gasteiger partial charge in [0.2, 0.25) is 5.91 Å². The van der Waals surface area contributed by atoms with Crippen LogP contribution in [0.5, 0.6) is 0 Å². The lowest BCUT2D eigenvalue weighted by Crippen LogP contribution is -2.41. The Hall–Kier alpha value is -1.35. The van der Waals surface area contributed by atoms with E-state index in [0.717, 1.165) is 5.56 Å². The van der Waals surface area contributed by atoms with Crippen LogP contribution in [0.3, 0.4) is 0 Å². The maximum atomic E-state index is 12.3. The van der Waals surface area contributed by atoms with Gasteiger partial charge < -0.3 is 10.6 Å². The molecule has 2 N–H and O–H groups in total. The first-order chi connectivity index (χ1) is 8.45. The lowest BCUT2D eigenvalue weighted by molar-refractivity contribution is -0.132. The van der Waals surface area contributed by atoms with Gasteiger partial charge in [-0.3, -0.25) is 4.79 Å². The van der Waals surface area contributed by atoms with Crippen molar-refractivity contribution in [3.63, 3.8) is 0 Å². The Kier molecular flexibility index (Phi) is 5.35. The van der Waals surface area contributed by atoms with Crippen LogP contribution in [0.25, 0.3) is 0 Å². The highest BCUT2D eigenvalue weighted by molar-refractivity contribution is 5.79. The molecule has 0 atom stereocenters. The van der Waals surface area contributed by atoms with Crippen molar-refractivity contribution >= 4 is 5.91 Å². The summed E-state index contributed by atoms with van der Waals surface area (Å²) in [6.07, 6.45) is 0.464. The summed E-state index contributed by atoms with van der Waals surface area (Å²) in [6, 6.07) is 6.43. The number of hydrogen-bond donors (Lipinski definition) is 1. The first-order valence-electron chi connectivity index (χ1n) is 6.51. The standard InChI is InChI=1S/C15H24N2O/c1-11(2)17(8-7-16)15(18)10-14-9-12(3)5-6-13(14)4/h5-6,9,11H,7-8,10,16H2,1-4H3. The minimum Gasteiger partial charge on any atom is -0.339 e. The maximum absolute atomic E-state index is 12.3. The lowest BCUT2D eigenvalue weighted by atomic mass is 10.0. The molecule has 0 heterocycles. The smallest absolute Gasteiger partial charge is 0.227 e. The lowest BCUT2D eigenvalue weighted by Gasteiger charge is -2.26. The highest BCUT2D eigenvalue weighted by Gasteiger charge is 2.17. The molecule has 3 heteroatoms. The van der Waals surface area contributed by atoms with E-state index in [9.17, 15) is 4.79 Å². The van der Waals surface area contributed by atoms with Gasteiger partial charge in [-0.2, -0.15) is 0 Å². The molecule has 1 aromatic rings. The molecule has 0 bridgehead atoms. The monoisotopic (exact) mass is 248 g/mol.